The summed E-state index contributed by atoms with van der Waals surface area (Å²) in [6.07, 6.45) is 2.42. The van der Waals surface area contributed by atoms with Gasteiger partial charge in [0.25, 0.3) is 0 Å². The molecule has 0 aliphatic heterocycles. The molecule has 0 aromatic heterocycles. The normalized spacial score (nSPS) is 18.4. The van der Waals surface area contributed by atoms with Gasteiger partial charge in [0.15, 0.2) is 0 Å². The SMILES string of the molecule is Cc1ccc(Cl)c(OCC(C)(O)CNC2CC2)c1. The molecule has 1 atom stereocenters. The van der Waals surface area contributed by atoms with Crippen LogP contribution in [0.25, 0.3) is 0 Å². The molecule has 0 spiro atoms. The number of halogens is 1. The van der Waals surface area contributed by atoms with E-state index in [2.05, 4.69) is 5.32 Å². The lowest BCUT2D eigenvalue weighted by molar-refractivity contribution is 0.0120. The topological polar surface area (TPSA) is 41.5 Å². The van der Waals surface area contributed by atoms with E-state index in [9.17, 15) is 5.11 Å². The summed E-state index contributed by atoms with van der Waals surface area (Å²) in [7, 11) is 0. The van der Waals surface area contributed by atoms with Crippen molar-refractivity contribution >= 4 is 11.6 Å². The molecule has 1 aromatic rings. The van der Waals surface area contributed by atoms with Crippen molar-refractivity contribution in [3.63, 3.8) is 0 Å². The fourth-order valence-electron chi connectivity index (χ4n) is 1.66. The molecule has 1 fully saturated rings. The summed E-state index contributed by atoms with van der Waals surface area (Å²) in [5.74, 6) is 0.628. The molecule has 4 heteroatoms. The second kappa shape index (κ2) is 5.47. The summed E-state index contributed by atoms with van der Waals surface area (Å²) < 4.78 is 5.61. The van der Waals surface area contributed by atoms with Crippen molar-refractivity contribution in [2.75, 3.05) is 13.2 Å². The molecule has 1 aliphatic rings. The monoisotopic (exact) mass is 269 g/mol. The summed E-state index contributed by atoms with van der Waals surface area (Å²) in [5, 5.41) is 14.1. The highest BCUT2D eigenvalue weighted by atomic mass is 35.5. The van der Waals surface area contributed by atoms with Crippen molar-refractivity contribution in [2.45, 2.75) is 38.3 Å². The van der Waals surface area contributed by atoms with Gasteiger partial charge in [-0.15, -0.1) is 0 Å². The van der Waals surface area contributed by atoms with Crippen LogP contribution in [0.2, 0.25) is 5.02 Å². The molecule has 2 rings (SSSR count). The second-order valence-corrected chi connectivity index (χ2v) is 5.78. The first-order valence-electron chi connectivity index (χ1n) is 6.31. The summed E-state index contributed by atoms with van der Waals surface area (Å²) in [5.41, 5.74) is 0.209. The largest absolute Gasteiger partial charge is 0.489 e. The van der Waals surface area contributed by atoms with E-state index < -0.39 is 5.60 Å². The van der Waals surface area contributed by atoms with Crippen molar-refractivity contribution in [1.82, 2.24) is 5.32 Å². The Morgan fingerprint density at radius 1 is 1.50 bits per heavy atom. The van der Waals surface area contributed by atoms with Gasteiger partial charge >= 0.3 is 0 Å². The van der Waals surface area contributed by atoms with E-state index in [-0.39, 0.29) is 6.61 Å². The number of hydrogen-bond donors (Lipinski definition) is 2. The molecular weight excluding hydrogens is 250 g/mol. The lowest BCUT2D eigenvalue weighted by atomic mass is 10.1. The van der Waals surface area contributed by atoms with Gasteiger partial charge in [0.1, 0.15) is 18.0 Å². The summed E-state index contributed by atoms with van der Waals surface area (Å²) >= 11 is 6.04. The van der Waals surface area contributed by atoms with Crippen LogP contribution < -0.4 is 10.1 Å². The van der Waals surface area contributed by atoms with Crippen LogP contribution >= 0.6 is 11.6 Å². The maximum absolute atomic E-state index is 10.2. The number of aryl methyl sites for hydroxylation is 1. The lowest BCUT2D eigenvalue weighted by Crippen LogP contribution is -2.43. The Bertz CT molecular complexity index is 416. The second-order valence-electron chi connectivity index (χ2n) is 5.37. The minimum absolute atomic E-state index is 0.232. The summed E-state index contributed by atoms with van der Waals surface area (Å²) in [6, 6.07) is 6.21. The first kappa shape index (κ1) is 13.7. The van der Waals surface area contributed by atoms with Crippen molar-refractivity contribution < 1.29 is 9.84 Å². The van der Waals surface area contributed by atoms with Gasteiger partial charge in [-0.1, -0.05) is 17.7 Å². The molecule has 0 saturated heterocycles. The van der Waals surface area contributed by atoms with Gasteiger partial charge in [-0.05, 0) is 44.4 Å². The van der Waals surface area contributed by atoms with E-state index in [1.807, 2.05) is 25.1 Å². The Balaban J connectivity index is 1.86. The maximum atomic E-state index is 10.2. The van der Waals surface area contributed by atoms with Crippen LogP contribution in [0.1, 0.15) is 25.3 Å². The van der Waals surface area contributed by atoms with Crippen molar-refractivity contribution in [2.24, 2.45) is 0 Å². The van der Waals surface area contributed by atoms with Gasteiger partial charge in [0.05, 0.1) is 5.02 Å². The molecular formula is C14H20ClNO2. The van der Waals surface area contributed by atoms with E-state index in [1.54, 1.807) is 6.92 Å². The van der Waals surface area contributed by atoms with Crippen LogP contribution in [0.15, 0.2) is 18.2 Å². The van der Waals surface area contributed by atoms with Crippen LogP contribution in [-0.4, -0.2) is 29.9 Å². The molecule has 1 aromatic carbocycles. The van der Waals surface area contributed by atoms with Crippen LogP contribution in [0.4, 0.5) is 0 Å². The first-order valence-corrected chi connectivity index (χ1v) is 6.69. The van der Waals surface area contributed by atoms with Crippen LogP contribution in [-0.2, 0) is 0 Å². The van der Waals surface area contributed by atoms with Gasteiger partial charge < -0.3 is 15.2 Å². The number of rotatable bonds is 6. The minimum Gasteiger partial charge on any atom is -0.489 e. The zero-order valence-corrected chi connectivity index (χ0v) is 11.6. The van der Waals surface area contributed by atoms with Crippen molar-refractivity contribution in [1.29, 1.82) is 0 Å². The highest BCUT2D eigenvalue weighted by molar-refractivity contribution is 6.32. The third-order valence-corrected chi connectivity index (χ3v) is 3.29. The molecule has 1 unspecified atom stereocenters. The standard InChI is InChI=1S/C14H20ClNO2/c1-10-3-6-12(15)13(7-10)18-9-14(2,17)8-16-11-4-5-11/h3,6-7,11,16-17H,4-5,8-9H2,1-2H3. The van der Waals surface area contributed by atoms with Crippen LogP contribution in [0.3, 0.4) is 0 Å². The molecule has 0 radical (unpaired) electrons. The minimum atomic E-state index is -0.879. The van der Waals surface area contributed by atoms with Gasteiger partial charge in [-0.25, -0.2) is 0 Å². The van der Waals surface area contributed by atoms with E-state index >= 15 is 0 Å². The number of hydrogen-bond acceptors (Lipinski definition) is 3. The van der Waals surface area contributed by atoms with Gasteiger partial charge in [0.2, 0.25) is 0 Å². The molecule has 100 valence electrons. The third-order valence-electron chi connectivity index (χ3n) is 2.97. The Hall–Kier alpha value is -0.770. The predicted molar refractivity (Wildman–Crippen MR) is 73.3 cm³/mol. The molecule has 18 heavy (non-hydrogen) atoms. The quantitative estimate of drug-likeness (QED) is 0.834. The first-order chi connectivity index (χ1) is 8.46. The van der Waals surface area contributed by atoms with E-state index in [4.69, 9.17) is 16.3 Å². The fourth-order valence-corrected chi connectivity index (χ4v) is 1.83. The molecule has 3 nitrogen and oxygen atoms in total. The molecule has 2 N–H and O–H groups in total. The Kier molecular flexibility index (Phi) is 4.15. The summed E-state index contributed by atoms with van der Waals surface area (Å²) in [4.78, 5) is 0. The number of aliphatic hydroxyl groups is 1. The average Bonchev–Trinajstić information content (AvgIpc) is 3.12. The third kappa shape index (κ3) is 4.16. The number of ether oxygens (including phenoxy) is 1. The Morgan fingerprint density at radius 2 is 2.22 bits per heavy atom. The van der Waals surface area contributed by atoms with E-state index in [0.29, 0.717) is 23.4 Å². The number of benzene rings is 1. The molecule has 1 aliphatic carbocycles. The van der Waals surface area contributed by atoms with Crippen LogP contribution in [0, 0.1) is 6.92 Å². The van der Waals surface area contributed by atoms with E-state index in [1.165, 1.54) is 12.8 Å². The molecule has 1 saturated carbocycles. The maximum Gasteiger partial charge on any atom is 0.138 e. The average molecular weight is 270 g/mol. The highest BCUT2D eigenvalue weighted by Gasteiger charge is 2.27. The van der Waals surface area contributed by atoms with Crippen molar-refractivity contribution in [3.05, 3.63) is 28.8 Å². The number of nitrogens with one attached hydrogen (secondary N) is 1. The van der Waals surface area contributed by atoms with E-state index in [0.717, 1.165) is 5.56 Å². The Labute approximate surface area is 113 Å². The predicted octanol–water partition coefficient (Wildman–Crippen LogP) is 2.53. The lowest BCUT2D eigenvalue weighted by Gasteiger charge is -2.24. The Morgan fingerprint density at radius 3 is 2.89 bits per heavy atom. The van der Waals surface area contributed by atoms with Crippen molar-refractivity contribution in [3.8, 4) is 5.75 Å². The van der Waals surface area contributed by atoms with Gasteiger partial charge in [-0.3, -0.25) is 0 Å². The van der Waals surface area contributed by atoms with Gasteiger partial charge in [-0.2, -0.15) is 0 Å². The molecule has 0 heterocycles. The fraction of sp³-hybridized carbons (Fsp3) is 0.571. The van der Waals surface area contributed by atoms with Crippen LogP contribution in [0.5, 0.6) is 5.75 Å². The highest BCUT2D eigenvalue weighted by Crippen LogP contribution is 2.26. The molecule has 0 amide bonds. The summed E-state index contributed by atoms with van der Waals surface area (Å²) in [6.45, 7) is 4.53. The smallest absolute Gasteiger partial charge is 0.138 e. The zero-order chi connectivity index (χ0) is 13.2. The van der Waals surface area contributed by atoms with Gasteiger partial charge in [0, 0.05) is 12.6 Å². The molecule has 0 bridgehead atoms. The zero-order valence-electron chi connectivity index (χ0n) is 10.9.